The van der Waals surface area contributed by atoms with E-state index in [2.05, 4.69) is 10.3 Å². The predicted octanol–water partition coefficient (Wildman–Crippen LogP) is 1.78. The summed E-state index contributed by atoms with van der Waals surface area (Å²) in [4.78, 5) is 30.9. The Morgan fingerprint density at radius 1 is 1.20 bits per heavy atom. The van der Waals surface area contributed by atoms with Gasteiger partial charge in [0.25, 0.3) is 5.91 Å². The molecule has 2 unspecified atom stereocenters. The first-order valence-corrected chi connectivity index (χ1v) is 12.8. The van der Waals surface area contributed by atoms with Gasteiger partial charge in [-0.2, -0.15) is 0 Å². The van der Waals surface area contributed by atoms with Crippen LogP contribution < -0.4 is 5.32 Å². The van der Waals surface area contributed by atoms with E-state index in [1.807, 2.05) is 12.1 Å². The van der Waals surface area contributed by atoms with Crippen LogP contribution >= 0.6 is 11.8 Å². The van der Waals surface area contributed by atoms with Crippen molar-refractivity contribution in [1.82, 2.24) is 4.90 Å². The van der Waals surface area contributed by atoms with Crippen molar-refractivity contribution in [3.05, 3.63) is 29.8 Å². The number of fused-ring (bicyclic) bond motifs is 1. The highest BCUT2D eigenvalue weighted by Gasteiger charge is 2.42. The van der Waals surface area contributed by atoms with E-state index in [0.29, 0.717) is 38.1 Å². The molecule has 1 aromatic carbocycles. The summed E-state index contributed by atoms with van der Waals surface area (Å²) in [6, 6.07) is 7.03. The number of benzene rings is 1. The maximum absolute atomic E-state index is 12.8. The van der Waals surface area contributed by atoms with Gasteiger partial charge < -0.3 is 15.0 Å². The lowest BCUT2D eigenvalue weighted by molar-refractivity contribution is -0.149. The van der Waals surface area contributed by atoms with Crippen LogP contribution in [-0.4, -0.2) is 72.9 Å². The molecule has 0 saturated carbocycles. The smallest absolute Gasteiger partial charge is 0.309 e. The number of esters is 1. The van der Waals surface area contributed by atoms with Gasteiger partial charge in [0.1, 0.15) is 0 Å². The Morgan fingerprint density at radius 3 is 2.53 bits per heavy atom. The minimum atomic E-state index is -2.96. The van der Waals surface area contributed by atoms with Gasteiger partial charge in [-0.05, 0) is 44.0 Å². The number of carbonyl (C=O) groups excluding carboxylic acids is 2. The second-order valence-electron chi connectivity index (χ2n) is 7.76. The summed E-state index contributed by atoms with van der Waals surface area (Å²) in [6.45, 7) is 3.26. The Bertz CT molecular complexity index is 953. The molecule has 0 aliphatic carbocycles. The van der Waals surface area contributed by atoms with Crippen LogP contribution in [-0.2, 0) is 19.4 Å². The van der Waals surface area contributed by atoms with Crippen molar-refractivity contribution in [3.63, 3.8) is 0 Å². The van der Waals surface area contributed by atoms with E-state index in [9.17, 15) is 18.0 Å². The lowest BCUT2D eigenvalue weighted by Crippen LogP contribution is -2.40. The number of amidine groups is 1. The summed E-state index contributed by atoms with van der Waals surface area (Å²) in [6.07, 6.45) is 1.25. The number of hydrogen-bond acceptors (Lipinski definition) is 8. The summed E-state index contributed by atoms with van der Waals surface area (Å²) in [5, 5.41) is 3.93. The van der Waals surface area contributed by atoms with E-state index >= 15 is 0 Å². The third-order valence-corrected chi connectivity index (χ3v) is 8.75. The van der Waals surface area contributed by atoms with Crippen LogP contribution in [0, 0.1) is 5.92 Å². The van der Waals surface area contributed by atoms with Crippen molar-refractivity contribution in [2.24, 2.45) is 10.9 Å². The van der Waals surface area contributed by atoms with Crippen LogP contribution in [0.25, 0.3) is 0 Å². The molecular formula is C20H25N3O5S2. The highest BCUT2D eigenvalue weighted by molar-refractivity contribution is 8.15. The van der Waals surface area contributed by atoms with Crippen LogP contribution in [0.4, 0.5) is 5.69 Å². The van der Waals surface area contributed by atoms with Gasteiger partial charge in [-0.3, -0.25) is 14.6 Å². The fourth-order valence-electron chi connectivity index (χ4n) is 4.00. The van der Waals surface area contributed by atoms with E-state index in [0.717, 1.165) is 10.9 Å². The van der Waals surface area contributed by atoms with Crippen LogP contribution in [0.15, 0.2) is 29.3 Å². The third-order valence-electron chi connectivity index (χ3n) is 5.60. The van der Waals surface area contributed by atoms with Gasteiger partial charge in [0, 0.05) is 29.6 Å². The molecule has 1 N–H and O–H groups in total. The van der Waals surface area contributed by atoms with Gasteiger partial charge in [0.2, 0.25) is 0 Å². The molecule has 4 rings (SSSR count). The first-order valence-electron chi connectivity index (χ1n) is 10.1. The second kappa shape index (κ2) is 8.58. The number of nitrogens with zero attached hydrogens (tertiary/aromatic N) is 2. The highest BCUT2D eigenvalue weighted by atomic mass is 32.2. The fourth-order valence-corrected chi connectivity index (χ4v) is 7.67. The maximum Gasteiger partial charge on any atom is 0.309 e. The number of ether oxygens (including phenoxy) is 1. The van der Waals surface area contributed by atoms with Crippen molar-refractivity contribution < 1.29 is 22.7 Å². The Kier molecular flexibility index (Phi) is 6.06. The largest absolute Gasteiger partial charge is 0.466 e. The molecule has 2 saturated heterocycles. The average Bonchev–Trinajstić information content (AvgIpc) is 3.21. The van der Waals surface area contributed by atoms with Gasteiger partial charge in [-0.25, -0.2) is 8.42 Å². The Balaban J connectivity index is 1.31. The third kappa shape index (κ3) is 4.64. The molecule has 3 aliphatic rings. The first-order chi connectivity index (χ1) is 14.3. The molecule has 162 valence electrons. The van der Waals surface area contributed by atoms with Gasteiger partial charge >= 0.3 is 5.97 Å². The van der Waals surface area contributed by atoms with E-state index in [-0.39, 0.29) is 40.6 Å². The zero-order chi connectivity index (χ0) is 21.3. The number of amides is 1. The topological polar surface area (TPSA) is 105 Å². The number of sulfone groups is 1. The molecule has 0 aromatic heterocycles. The van der Waals surface area contributed by atoms with E-state index in [1.54, 1.807) is 24.0 Å². The molecule has 0 radical (unpaired) electrons. The summed E-state index contributed by atoms with van der Waals surface area (Å²) in [7, 11) is -2.96. The Hall–Kier alpha value is -2.07. The minimum Gasteiger partial charge on any atom is -0.466 e. The zero-order valence-electron chi connectivity index (χ0n) is 16.7. The maximum atomic E-state index is 12.8. The van der Waals surface area contributed by atoms with Crippen LogP contribution in [0.2, 0.25) is 0 Å². The Labute approximate surface area is 180 Å². The number of nitrogens with one attached hydrogen (secondary N) is 1. The second-order valence-corrected chi connectivity index (χ2v) is 11.1. The van der Waals surface area contributed by atoms with Crippen LogP contribution in [0.3, 0.4) is 0 Å². The fraction of sp³-hybridized carbons (Fsp3) is 0.550. The van der Waals surface area contributed by atoms with E-state index in [1.165, 1.54) is 11.8 Å². The first kappa shape index (κ1) is 21.2. The SMILES string of the molecule is CCOC(=O)C1CCN(C(=O)c2ccc(NC3=NC4CS(=O)(=O)CC4S3)cc2)CC1. The summed E-state index contributed by atoms with van der Waals surface area (Å²) in [5.74, 6) is -0.0432. The number of likely N-dealkylation sites (tertiary alicyclic amines) is 1. The lowest BCUT2D eigenvalue weighted by Gasteiger charge is -2.31. The molecule has 8 nitrogen and oxygen atoms in total. The molecule has 3 aliphatic heterocycles. The molecule has 3 heterocycles. The quantitative estimate of drug-likeness (QED) is 0.696. The molecule has 0 spiro atoms. The van der Waals surface area contributed by atoms with Crippen LogP contribution in [0.5, 0.6) is 0 Å². The number of thioether (sulfide) groups is 1. The normalized spacial score (nSPS) is 25.5. The van der Waals surface area contributed by atoms with Gasteiger partial charge in [-0.15, -0.1) is 0 Å². The lowest BCUT2D eigenvalue weighted by atomic mass is 9.96. The summed E-state index contributed by atoms with van der Waals surface area (Å²) in [5.41, 5.74) is 1.40. The summed E-state index contributed by atoms with van der Waals surface area (Å²) < 4.78 is 28.4. The predicted molar refractivity (Wildman–Crippen MR) is 117 cm³/mol. The number of aliphatic imine (C=N–C) groups is 1. The molecule has 2 fully saturated rings. The number of carbonyl (C=O) groups is 2. The van der Waals surface area contributed by atoms with E-state index < -0.39 is 9.84 Å². The molecule has 1 amide bonds. The number of hydrogen-bond donors (Lipinski definition) is 1. The molecule has 1 aromatic rings. The molecule has 30 heavy (non-hydrogen) atoms. The van der Waals surface area contributed by atoms with Crippen molar-refractivity contribution >= 4 is 44.3 Å². The van der Waals surface area contributed by atoms with Crippen molar-refractivity contribution in [3.8, 4) is 0 Å². The average molecular weight is 452 g/mol. The van der Waals surface area contributed by atoms with E-state index in [4.69, 9.17) is 4.74 Å². The minimum absolute atomic E-state index is 0.00381. The monoisotopic (exact) mass is 451 g/mol. The molecule has 2 atom stereocenters. The number of piperidine rings is 1. The van der Waals surface area contributed by atoms with Crippen molar-refractivity contribution in [1.29, 1.82) is 0 Å². The van der Waals surface area contributed by atoms with Gasteiger partial charge in [0.05, 0.1) is 30.1 Å². The van der Waals surface area contributed by atoms with Crippen molar-refractivity contribution in [2.75, 3.05) is 36.5 Å². The Morgan fingerprint density at radius 2 is 1.90 bits per heavy atom. The number of rotatable bonds is 4. The molecular weight excluding hydrogens is 426 g/mol. The van der Waals surface area contributed by atoms with Gasteiger partial charge in [-0.1, -0.05) is 11.8 Å². The standard InChI is InChI=1S/C20H25N3O5S2/c1-2-28-19(25)14-7-9-23(10-8-14)18(24)13-3-5-15(6-4-13)21-20-22-16-11-30(26,27)12-17(16)29-20/h3-6,14,16-17H,2,7-12H2,1H3,(H,21,22). The number of anilines is 1. The zero-order valence-corrected chi connectivity index (χ0v) is 18.4. The molecule has 0 bridgehead atoms. The molecule has 10 heteroatoms. The van der Waals surface area contributed by atoms with Crippen molar-refractivity contribution in [2.45, 2.75) is 31.1 Å². The van der Waals surface area contributed by atoms with Crippen LogP contribution in [0.1, 0.15) is 30.1 Å². The summed E-state index contributed by atoms with van der Waals surface area (Å²) >= 11 is 1.46. The highest BCUT2D eigenvalue weighted by Crippen LogP contribution is 2.34. The van der Waals surface area contributed by atoms with Gasteiger partial charge in [0.15, 0.2) is 15.0 Å².